The lowest BCUT2D eigenvalue weighted by Gasteiger charge is -2.16. The van der Waals surface area contributed by atoms with Gasteiger partial charge < -0.3 is 4.57 Å². The van der Waals surface area contributed by atoms with Gasteiger partial charge in [-0.3, -0.25) is 4.79 Å². The Hall–Kier alpha value is -3.20. The number of Topliss-reactive ketones (excluding diaryl/α,β-unsaturated/α-hetero) is 1. The van der Waals surface area contributed by atoms with Gasteiger partial charge >= 0.3 is 0 Å². The van der Waals surface area contributed by atoms with E-state index < -0.39 is 0 Å². The van der Waals surface area contributed by atoms with Crippen LogP contribution in [0.2, 0.25) is 0 Å². The number of fused-ring (bicyclic) bond motifs is 1. The zero-order chi connectivity index (χ0) is 21.1. The maximum absolute atomic E-state index is 13.0. The van der Waals surface area contributed by atoms with Crippen molar-refractivity contribution < 1.29 is 4.79 Å². The van der Waals surface area contributed by atoms with Gasteiger partial charge in [-0.25, -0.2) is 4.98 Å². The number of ketones is 1. The summed E-state index contributed by atoms with van der Waals surface area (Å²) in [4.78, 5) is 17.9. The summed E-state index contributed by atoms with van der Waals surface area (Å²) in [5.41, 5.74) is 5.23. The molecule has 3 aromatic carbocycles. The Balaban J connectivity index is 1.69. The maximum atomic E-state index is 13.0. The predicted molar refractivity (Wildman–Crippen MR) is 123 cm³/mol. The van der Waals surface area contributed by atoms with E-state index in [1.54, 1.807) is 0 Å². The van der Waals surface area contributed by atoms with Crippen molar-refractivity contribution in [1.29, 1.82) is 0 Å². The molecule has 0 saturated carbocycles. The van der Waals surface area contributed by atoms with Gasteiger partial charge in [-0.15, -0.1) is 0 Å². The highest BCUT2D eigenvalue weighted by atomic mass is 16.1. The first-order valence-corrected chi connectivity index (χ1v) is 10.6. The summed E-state index contributed by atoms with van der Waals surface area (Å²) in [5.74, 6) is 1.76. The number of imidazole rings is 1. The molecule has 0 saturated heterocycles. The van der Waals surface area contributed by atoms with Crippen molar-refractivity contribution in [2.75, 3.05) is 0 Å². The molecular formula is C27H28N2O. The molecule has 1 heterocycles. The molecule has 0 spiro atoms. The molecule has 152 valence electrons. The standard InChI is InChI=1S/C27H28N2O/c1-19(2)17-21-13-15-22(16-14-21)20(3)27-28-24-11-7-8-12-25(24)29(27)18-26(30)23-9-5-4-6-10-23/h4-16,19-20H,17-18H2,1-3H3. The van der Waals surface area contributed by atoms with Crippen molar-refractivity contribution in [3.8, 4) is 0 Å². The fourth-order valence-electron chi connectivity index (χ4n) is 4.01. The van der Waals surface area contributed by atoms with E-state index >= 15 is 0 Å². The number of benzene rings is 3. The first-order valence-electron chi connectivity index (χ1n) is 10.6. The lowest BCUT2D eigenvalue weighted by molar-refractivity contribution is 0.0972. The van der Waals surface area contributed by atoms with Crippen LogP contribution in [0.3, 0.4) is 0 Å². The highest BCUT2D eigenvalue weighted by molar-refractivity contribution is 5.96. The minimum Gasteiger partial charge on any atom is -0.320 e. The topological polar surface area (TPSA) is 34.9 Å². The molecule has 0 N–H and O–H groups in total. The largest absolute Gasteiger partial charge is 0.320 e. The number of aromatic nitrogens is 2. The van der Waals surface area contributed by atoms with E-state index in [1.165, 1.54) is 11.1 Å². The van der Waals surface area contributed by atoms with Crippen LogP contribution in [0.1, 0.15) is 54.0 Å². The summed E-state index contributed by atoms with van der Waals surface area (Å²) >= 11 is 0. The third-order valence-electron chi connectivity index (χ3n) is 5.59. The highest BCUT2D eigenvalue weighted by Crippen LogP contribution is 2.28. The van der Waals surface area contributed by atoms with Crippen LogP contribution in [0.25, 0.3) is 11.0 Å². The first-order chi connectivity index (χ1) is 14.5. The van der Waals surface area contributed by atoms with Crippen LogP contribution in [-0.2, 0) is 13.0 Å². The van der Waals surface area contributed by atoms with Crippen LogP contribution in [0.15, 0.2) is 78.9 Å². The molecule has 4 rings (SSSR count). The van der Waals surface area contributed by atoms with Crippen molar-refractivity contribution >= 4 is 16.8 Å². The molecule has 0 aliphatic carbocycles. The van der Waals surface area contributed by atoms with Gasteiger partial charge in [0.15, 0.2) is 5.78 Å². The molecule has 0 radical (unpaired) electrons. The molecule has 30 heavy (non-hydrogen) atoms. The molecule has 0 amide bonds. The predicted octanol–water partition coefficient (Wildman–Crippen LogP) is 6.27. The van der Waals surface area contributed by atoms with Crippen LogP contribution in [0.4, 0.5) is 0 Å². The molecule has 4 aromatic rings. The normalized spacial score (nSPS) is 12.4. The van der Waals surface area contributed by atoms with Crippen LogP contribution in [0.5, 0.6) is 0 Å². The Morgan fingerprint density at radius 1 is 0.867 bits per heavy atom. The van der Waals surface area contributed by atoms with E-state index in [9.17, 15) is 4.79 Å². The number of rotatable bonds is 7. The van der Waals surface area contributed by atoms with Crippen molar-refractivity contribution in [3.63, 3.8) is 0 Å². The zero-order valence-electron chi connectivity index (χ0n) is 17.9. The second-order valence-corrected chi connectivity index (χ2v) is 8.40. The number of nitrogens with zero attached hydrogens (tertiary/aromatic N) is 2. The number of carbonyl (C=O) groups excluding carboxylic acids is 1. The van der Waals surface area contributed by atoms with E-state index in [-0.39, 0.29) is 18.2 Å². The fraction of sp³-hybridized carbons (Fsp3) is 0.259. The Kier molecular flexibility index (Phi) is 5.80. The lowest BCUT2D eigenvalue weighted by Crippen LogP contribution is -2.15. The number of hydrogen-bond donors (Lipinski definition) is 0. The molecule has 1 unspecified atom stereocenters. The maximum Gasteiger partial charge on any atom is 0.182 e. The lowest BCUT2D eigenvalue weighted by atomic mass is 9.96. The minimum atomic E-state index is 0.0917. The molecule has 3 heteroatoms. The Morgan fingerprint density at radius 2 is 1.53 bits per heavy atom. The third kappa shape index (κ3) is 4.20. The fourth-order valence-corrected chi connectivity index (χ4v) is 4.01. The summed E-state index contributed by atoms with van der Waals surface area (Å²) in [6.07, 6.45) is 1.08. The minimum absolute atomic E-state index is 0.0917. The third-order valence-corrected chi connectivity index (χ3v) is 5.59. The zero-order valence-corrected chi connectivity index (χ0v) is 17.9. The van der Waals surface area contributed by atoms with Gasteiger partial charge in [0.05, 0.1) is 17.6 Å². The van der Waals surface area contributed by atoms with E-state index in [2.05, 4.69) is 49.6 Å². The highest BCUT2D eigenvalue weighted by Gasteiger charge is 2.20. The average Bonchev–Trinajstić information content (AvgIpc) is 3.12. The summed E-state index contributed by atoms with van der Waals surface area (Å²) in [5, 5.41) is 0. The van der Waals surface area contributed by atoms with Gasteiger partial charge in [0.1, 0.15) is 5.82 Å². The SMILES string of the molecule is CC(C)Cc1ccc(C(C)c2nc3ccccc3n2CC(=O)c2ccccc2)cc1. The van der Waals surface area contributed by atoms with Crippen molar-refractivity contribution in [2.45, 2.75) is 39.7 Å². The Bertz CT molecular complexity index is 1140. The van der Waals surface area contributed by atoms with E-state index in [0.717, 1.165) is 28.8 Å². The molecule has 0 bridgehead atoms. The second kappa shape index (κ2) is 8.66. The van der Waals surface area contributed by atoms with Gasteiger partial charge in [-0.05, 0) is 35.6 Å². The molecule has 1 atom stereocenters. The summed E-state index contributed by atoms with van der Waals surface area (Å²) in [6, 6.07) is 26.4. The van der Waals surface area contributed by atoms with E-state index in [0.29, 0.717) is 5.92 Å². The molecule has 1 aromatic heterocycles. The van der Waals surface area contributed by atoms with Gasteiger partial charge in [0.25, 0.3) is 0 Å². The van der Waals surface area contributed by atoms with Crippen molar-refractivity contribution in [2.24, 2.45) is 5.92 Å². The van der Waals surface area contributed by atoms with Crippen LogP contribution in [-0.4, -0.2) is 15.3 Å². The summed E-state index contributed by atoms with van der Waals surface area (Å²) < 4.78 is 2.08. The number of hydrogen-bond acceptors (Lipinski definition) is 2. The first kappa shape index (κ1) is 20.1. The molecular weight excluding hydrogens is 368 g/mol. The molecule has 0 aliphatic rings. The second-order valence-electron chi connectivity index (χ2n) is 8.40. The van der Waals surface area contributed by atoms with Gasteiger partial charge in [-0.1, -0.05) is 87.5 Å². The molecule has 0 aliphatic heterocycles. The smallest absolute Gasteiger partial charge is 0.182 e. The van der Waals surface area contributed by atoms with Crippen molar-refractivity contribution in [3.05, 3.63) is 101 Å². The Labute approximate surface area is 178 Å². The summed E-state index contributed by atoms with van der Waals surface area (Å²) in [6.45, 7) is 6.93. The molecule has 3 nitrogen and oxygen atoms in total. The number of para-hydroxylation sites is 2. The monoisotopic (exact) mass is 396 g/mol. The van der Waals surface area contributed by atoms with E-state index in [1.807, 2.05) is 54.6 Å². The van der Waals surface area contributed by atoms with E-state index in [4.69, 9.17) is 4.98 Å². The van der Waals surface area contributed by atoms with Gasteiger partial charge in [0.2, 0.25) is 0 Å². The summed E-state index contributed by atoms with van der Waals surface area (Å²) in [7, 11) is 0. The Morgan fingerprint density at radius 3 is 2.23 bits per heavy atom. The quantitative estimate of drug-likeness (QED) is 0.345. The van der Waals surface area contributed by atoms with Crippen LogP contribution in [0, 0.1) is 5.92 Å². The molecule has 0 fully saturated rings. The average molecular weight is 397 g/mol. The number of carbonyl (C=O) groups is 1. The van der Waals surface area contributed by atoms with Crippen molar-refractivity contribution in [1.82, 2.24) is 9.55 Å². The van der Waals surface area contributed by atoms with Gasteiger partial charge in [0, 0.05) is 11.5 Å². The van der Waals surface area contributed by atoms with Gasteiger partial charge in [-0.2, -0.15) is 0 Å². The van der Waals surface area contributed by atoms with Crippen LogP contribution < -0.4 is 0 Å². The van der Waals surface area contributed by atoms with Crippen LogP contribution >= 0.6 is 0 Å².